The number of hydrogen-bond donors (Lipinski definition) is 1. The number of nitrogens with two attached hydrogens (primary N) is 1. The molecule has 2 aromatic carbocycles. The van der Waals surface area contributed by atoms with Crippen molar-refractivity contribution in [1.82, 2.24) is 0 Å². The summed E-state index contributed by atoms with van der Waals surface area (Å²) in [7, 11) is -1.09. The summed E-state index contributed by atoms with van der Waals surface area (Å²) in [5.74, 6) is 0. The van der Waals surface area contributed by atoms with E-state index < -0.39 is 10.8 Å². The Morgan fingerprint density at radius 3 is 2.60 bits per heavy atom. The Labute approximate surface area is 130 Å². The molecule has 0 radical (unpaired) electrons. The van der Waals surface area contributed by atoms with Gasteiger partial charge in [-0.25, -0.2) is 0 Å². The lowest BCUT2D eigenvalue weighted by Gasteiger charge is -2.30. The number of fused-ring (bicyclic) bond motifs is 1. The second-order valence-corrected chi connectivity index (χ2v) is 7.52. The van der Waals surface area contributed by atoms with Gasteiger partial charge >= 0.3 is 0 Å². The molecule has 3 atom stereocenters. The highest BCUT2D eigenvalue weighted by Crippen LogP contribution is 2.34. The molecule has 0 saturated heterocycles. The second kappa shape index (κ2) is 5.80. The zero-order chi connectivity index (χ0) is 14.1. The van der Waals surface area contributed by atoms with Crippen LogP contribution in [0.2, 0.25) is 0 Å². The molecule has 2 N–H and O–H groups in total. The normalized spacial score (nSPS) is 23.1. The van der Waals surface area contributed by atoms with Crippen LogP contribution in [0.5, 0.6) is 0 Å². The van der Waals surface area contributed by atoms with E-state index in [1.807, 2.05) is 36.4 Å². The predicted molar refractivity (Wildman–Crippen MR) is 86.0 cm³/mol. The third-order valence-electron chi connectivity index (χ3n) is 3.84. The lowest BCUT2D eigenvalue weighted by molar-refractivity contribution is 0.563. The Kier molecular flexibility index (Phi) is 4.06. The lowest BCUT2D eigenvalue weighted by Crippen LogP contribution is -2.35. The van der Waals surface area contributed by atoms with Crippen LogP contribution in [0.15, 0.2) is 57.9 Å². The van der Waals surface area contributed by atoms with Crippen LogP contribution in [0.1, 0.15) is 23.6 Å². The van der Waals surface area contributed by atoms with E-state index in [4.69, 9.17) is 5.73 Å². The largest absolute Gasteiger partial charge is 0.323 e. The molecule has 1 aliphatic rings. The first-order valence-corrected chi connectivity index (χ1v) is 8.67. The van der Waals surface area contributed by atoms with E-state index in [0.29, 0.717) is 0 Å². The summed E-state index contributed by atoms with van der Waals surface area (Å²) >= 11 is 3.48. The summed E-state index contributed by atoms with van der Waals surface area (Å²) in [6, 6.07) is 15.7. The maximum absolute atomic E-state index is 12.8. The van der Waals surface area contributed by atoms with Crippen LogP contribution in [0.3, 0.4) is 0 Å². The van der Waals surface area contributed by atoms with E-state index in [2.05, 4.69) is 28.1 Å². The number of aryl methyl sites for hydroxylation is 1. The molecule has 2 nitrogen and oxygen atoms in total. The Morgan fingerprint density at radius 1 is 1.10 bits per heavy atom. The van der Waals surface area contributed by atoms with Crippen LogP contribution in [0, 0.1) is 0 Å². The molecule has 4 heteroatoms. The van der Waals surface area contributed by atoms with E-state index >= 15 is 0 Å². The second-order valence-electron chi connectivity index (χ2n) is 5.03. The van der Waals surface area contributed by atoms with Gasteiger partial charge < -0.3 is 5.73 Å². The summed E-state index contributed by atoms with van der Waals surface area (Å²) in [5, 5.41) is -0.0244. The van der Waals surface area contributed by atoms with Gasteiger partial charge in [0.25, 0.3) is 0 Å². The predicted octanol–water partition coefficient (Wildman–Crippen LogP) is 3.57. The summed E-state index contributed by atoms with van der Waals surface area (Å²) in [5.41, 5.74) is 8.81. The van der Waals surface area contributed by atoms with Gasteiger partial charge in [-0.15, -0.1) is 0 Å². The van der Waals surface area contributed by atoms with Crippen molar-refractivity contribution in [3.05, 3.63) is 64.1 Å². The fraction of sp³-hybridized carbons (Fsp3) is 0.250. The Hall–Kier alpha value is -0.970. The minimum Gasteiger partial charge on any atom is -0.323 e. The minimum absolute atomic E-state index is 0.0244. The third kappa shape index (κ3) is 2.48. The molecule has 0 fully saturated rings. The molecule has 3 unspecified atom stereocenters. The molecule has 3 rings (SSSR count). The quantitative estimate of drug-likeness (QED) is 0.900. The van der Waals surface area contributed by atoms with Crippen molar-refractivity contribution < 1.29 is 4.21 Å². The fourth-order valence-electron chi connectivity index (χ4n) is 2.78. The first-order chi connectivity index (χ1) is 9.68. The molecular formula is C16H16BrNOS. The number of benzene rings is 2. The molecule has 1 aliphatic carbocycles. The SMILES string of the molecule is NC1c2ccccc2CCC1S(=O)c1ccccc1Br. The molecule has 0 aliphatic heterocycles. The van der Waals surface area contributed by atoms with Crippen molar-refractivity contribution in [3.63, 3.8) is 0 Å². The van der Waals surface area contributed by atoms with Gasteiger partial charge in [0.05, 0.1) is 20.9 Å². The molecule has 0 bridgehead atoms. The molecule has 0 amide bonds. The van der Waals surface area contributed by atoms with Crippen LogP contribution in [0.4, 0.5) is 0 Å². The summed E-state index contributed by atoms with van der Waals surface area (Å²) < 4.78 is 13.7. The van der Waals surface area contributed by atoms with Crippen LogP contribution >= 0.6 is 15.9 Å². The average Bonchev–Trinajstić information content (AvgIpc) is 2.48. The van der Waals surface area contributed by atoms with E-state index in [1.54, 1.807) is 0 Å². The van der Waals surface area contributed by atoms with Crippen molar-refractivity contribution in [2.24, 2.45) is 5.73 Å². The molecule has 2 aromatic rings. The maximum atomic E-state index is 12.8. The van der Waals surface area contributed by atoms with Gasteiger partial charge in [0.15, 0.2) is 0 Å². The highest BCUT2D eigenvalue weighted by molar-refractivity contribution is 9.10. The van der Waals surface area contributed by atoms with Crippen molar-refractivity contribution in [2.75, 3.05) is 0 Å². The number of rotatable bonds is 2. The van der Waals surface area contributed by atoms with Crippen LogP contribution < -0.4 is 5.73 Å². The molecule has 20 heavy (non-hydrogen) atoms. The Morgan fingerprint density at radius 2 is 1.80 bits per heavy atom. The maximum Gasteiger partial charge on any atom is 0.0591 e. The Bertz CT molecular complexity index is 658. The van der Waals surface area contributed by atoms with Gasteiger partial charge in [-0.05, 0) is 52.0 Å². The highest BCUT2D eigenvalue weighted by Gasteiger charge is 2.32. The zero-order valence-electron chi connectivity index (χ0n) is 11.0. The average molecular weight is 350 g/mol. The van der Waals surface area contributed by atoms with Gasteiger partial charge in [-0.2, -0.15) is 0 Å². The van der Waals surface area contributed by atoms with Crippen molar-refractivity contribution in [2.45, 2.75) is 29.0 Å². The van der Waals surface area contributed by atoms with Gasteiger partial charge in [-0.1, -0.05) is 36.4 Å². The zero-order valence-corrected chi connectivity index (χ0v) is 13.4. The van der Waals surface area contributed by atoms with E-state index in [9.17, 15) is 4.21 Å². The minimum atomic E-state index is -1.09. The van der Waals surface area contributed by atoms with E-state index in [0.717, 1.165) is 27.8 Å². The highest BCUT2D eigenvalue weighted by atomic mass is 79.9. The molecule has 0 spiro atoms. The summed E-state index contributed by atoms with van der Waals surface area (Å²) in [6.45, 7) is 0. The van der Waals surface area contributed by atoms with E-state index in [1.165, 1.54) is 5.56 Å². The first-order valence-electron chi connectivity index (χ1n) is 6.67. The molecular weight excluding hydrogens is 334 g/mol. The molecule has 0 aromatic heterocycles. The monoisotopic (exact) mass is 349 g/mol. The van der Waals surface area contributed by atoms with E-state index in [-0.39, 0.29) is 11.3 Å². The molecule has 0 saturated carbocycles. The van der Waals surface area contributed by atoms with Crippen LogP contribution in [-0.4, -0.2) is 9.46 Å². The lowest BCUT2D eigenvalue weighted by atomic mass is 9.88. The van der Waals surface area contributed by atoms with Gasteiger partial charge in [0, 0.05) is 10.5 Å². The standard InChI is InChI=1S/C16H16BrNOS/c17-13-7-3-4-8-14(13)20(19)15-10-9-11-5-1-2-6-12(11)16(15)18/h1-8,15-16H,9-10,18H2. The molecule has 104 valence electrons. The summed E-state index contributed by atoms with van der Waals surface area (Å²) in [4.78, 5) is 0.840. The Balaban J connectivity index is 1.93. The van der Waals surface area contributed by atoms with Gasteiger partial charge in [-0.3, -0.25) is 4.21 Å². The topological polar surface area (TPSA) is 43.1 Å². The number of hydrogen-bond acceptors (Lipinski definition) is 2. The third-order valence-corrected chi connectivity index (χ3v) is 6.66. The van der Waals surface area contributed by atoms with Gasteiger partial charge in [0.2, 0.25) is 0 Å². The van der Waals surface area contributed by atoms with Crippen LogP contribution in [-0.2, 0) is 17.2 Å². The van der Waals surface area contributed by atoms with Crippen molar-refractivity contribution >= 4 is 26.7 Å². The first kappa shape index (κ1) is 14.0. The smallest absolute Gasteiger partial charge is 0.0591 e. The van der Waals surface area contributed by atoms with Crippen molar-refractivity contribution in [1.29, 1.82) is 0 Å². The van der Waals surface area contributed by atoms with Crippen molar-refractivity contribution in [3.8, 4) is 0 Å². The molecule has 0 heterocycles. The summed E-state index contributed by atoms with van der Waals surface area (Å²) in [6.07, 6.45) is 1.82. The van der Waals surface area contributed by atoms with Gasteiger partial charge in [0.1, 0.15) is 0 Å². The fourth-order valence-corrected chi connectivity index (χ4v) is 5.08. The van der Waals surface area contributed by atoms with Crippen LogP contribution in [0.25, 0.3) is 0 Å². The number of halogens is 1.